The summed E-state index contributed by atoms with van der Waals surface area (Å²) in [6.45, 7) is 7.15. The molecule has 5 nitrogen and oxygen atoms in total. The molecule has 1 amide bonds. The van der Waals surface area contributed by atoms with Crippen LogP contribution in [0.25, 0.3) is 0 Å². The summed E-state index contributed by atoms with van der Waals surface area (Å²) in [7, 11) is 0. The predicted molar refractivity (Wildman–Crippen MR) is 56.2 cm³/mol. The molecule has 1 aromatic rings. The van der Waals surface area contributed by atoms with E-state index in [4.69, 9.17) is 0 Å². The van der Waals surface area contributed by atoms with Crippen molar-refractivity contribution in [3.63, 3.8) is 0 Å². The van der Waals surface area contributed by atoms with Crippen LogP contribution in [0.1, 0.15) is 13.8 Å². The van der Waals surface area contributed by atoms with E-state index in [1.54, 1.807) is 6.92 Å². The number of hydrogen-bond acceptors (Lipinski definition) is 4. The van der Waals surface area contributed by atoms with Gasteiger partial charge in [0, 0.05) is 5.57 Å². The van der Waals surface area contributed by atoms with E-state index in [0.29, 0.717) is 16.7 Å². The van der Waals surface area contributed by atoms with Crippen LogP contribution in [0.2, 0.25) is 0 Å². The summed E-state index contributed by atoms with van der Waals surface area (Å²) in [4.78, 5) is 15.2. The molecule has 0 aliphatic carbocycles. The number of carbonyl (C=O) groups excluding carboxylic acids is 1. The lowest BCUT2D eigenvalue weighted by Gasteiger charge is -1.97. The molecule has 0 saturated carbocycles. The summed E-state index contributed by atoms with van der Waals surface area (Å²) in [5.41, 5.74) is 0.436. The smallest absolute Gasteiger partial charge is 0.253 e. The van der Waals surface area contributed by atoms with Gasteiger partial charge >= 0.3 is 0 Å². The summed E-state index contributed by atoms with van der Waals surface area (Å²) in [6.07, 6.45) is 0. The van der Waals surface area contributed by atoms with Crippen molar-refractivity contribution >= 4 is 23.6 Å². The Kier molecular flexibility index (Phi) is 3.70. The van der Waals surface area contributed by atoms with Crippen LogP contribution in [0.3, 0.4) is 0 Å². The number of aromatic nitrogens is 3. The lowest BCUT2D eigenvalue weighted by atomic mass is 10.3. The Morgan fingerprint density at radius 3 is 3.00 bits per heavy atom. The molecule has 1 rings (SSSR count). The maximum Gasteiger partial charge on any atom is 0.253 e. The molecule has 1 aromatic heterocycles. The molecule has 0 aromatic carbocycles. The van der Waals surface area contributed by atoms with Gasteiger partial charge in [-0.15, -0.1) is 5.10 Å². The first-order valence-corrected chi connectivity index (χ1v) is 5.14. The van der Waals surface area contributed by atoms with Crippen LogP contribution in [0.4, 0.5) is 5.95 Å². The normalized spacial score (nSPS) is 9.86. The molecule has 6 heteroatoms. The highest BCUT2D eigenvalue weighted by Crippen LogP contribution is 2.12. The quantitative estimate of drug-likeness (QED) is 0.585. The van der Waals surface area contributed by atoms with E-state index in [2.05, 4.69) is 27.1 Å². The van der Waals surface area contributed by atoms with Crippen molar-refractivity contribution in [2.75, 3.05) is 11.1 Å². The number of anilines is 1. The third-order valence-corrected chi connectivity index (χ3v) is 2.09. The third kappa shape index (κ3) is 2.88. The maximum absolute atomic E-state index is 11.2. The van der Waals surface area contributed by atoms with E-state index >= 15 is 0 Å². The largest absolute Gasteiger partial charge is 0.291 e. The lowest BCUT2D eigenvalue weighted by molar-refractivity contribution is -0.112. The predicted octanol–water partition coefficient (Wildman–Crippen LogP) is 1.43. The molecule has 2 N–H and O–H groups in total. The van der Waals surface area contributed by atoms with E-state index in [1.165, 1.54) is 11.8 Å². The molecular weight excluding hydrogens is 200 g/mol. The molecule has 1 heterocycles. The van der Waals surface area contributed by atoms with Crippen LogP contribution in [0.5, 0.6) is 0 Å². The van der Waals surface area contributed by atoms with Gasteiger partial charge < -0.3 is 0 Å². The molecular formula is C8H12N4OS. The minimum absolute atomic E-state index is 0.255. The maximum atomic E-state index is 11.2. The summed E-state index contributed by atoms with van der Waals surface area (Å²) in [6, 6.07) is 0. The minimum atomic E-state index is -0.255. The Bertz CT molecular complexity index is 347. The molecule has 0 radical (unpaired) electrons. The fourth-order valence-corrected chi connectivity index (χ4v) is 1.23. The Morgan fingerprint density at radius 1 is 1.71 bits per heavy atom. The Labute approximate surface area is 86.4 Å². The number of thioether (sulfide) groups is 1. The summed E-state index contributed by atoms with van der Waals surface area (Å²) >= 11 is 1.50. The second-order valence-corrected chi connectivity index (χ2v) is 3.87. The highest BCUT2D eigenvalue weighted by Gasteiger charge is 2.06. The molecule has 0 unspecified atom stereocenters. The topological polar surface area (TPSA) is 70.7 Å². The van der Waals surface area contributed by atoms with E-state index in [-0.39, 0.29) is 5.91 Å². The SMILES string of the molecule is C=C(C)C(=O)Nc1nc(SCC)n[nH]1. The van der Waals surface area contributed by atoms with Gasteiger partial charge in [-0.05, 0) is 12.7 Å². The molecule has 0 saturated heterocycles. The van der Waals surface area contributed by atoms with Crippen LogP contribution in [0.15, 0.2) is 17.3 Å². The standard InChI is InChI=1S/C8H12N4OS/c1-4-14-8-10-7(11-12-8)9-6(13)5(2)3/h2,4H2,1,3H3,(H2,9,10,11,12,13). The Morgan fingerprint density at radius 2 is 2.43 bits per heavy atom. The molecule has 0 atom stereocenters. The lowest BCUT2D eigenvalue weighted by Crippen LogP contribution is -2.12. The summed E-state index contributed by atoms with van der Waals surface area (Å²) in [5.74, 6) is 0.995. The molecule has 0 aliphatic heterocycles. The Hall–Kier alpha value is -1.30. The van der Waals surface area contributed by atoms with Crippen molar-refractivity contribution < 1.29 is 4.79 Å². The average Bonchev–Trinajstić information content (AvgIpc) is 2.53. The van der Waals surface area contributed by atoms with Gasteiger partial charge in [-0.25, -0.2) is 5.10 Å². The van der Waals surface area contributed by atoms with Crippen molar-refractivity contribution in [3.05, 3.63) is 12.2 Å². The van der Waals surface area contributed by atoms with Crippen LogP contribution < -0.4 is 5.32 Å². The van der Waals surface area contributed by atoms with Crippen molar-refractivity contribution in [1.29, 1.82) is 0 Å². The first kappa shape index (κ1) is 10.8. The number of aromatic amines is 1. The van der Waals surface area contributed by atoms with E-state index in [9.17, 15) is 4.79 Å². The second-order valence-electron chi connectivity index (χ2n) is 2.63. The fourth-order valence-electron chi connectivity index (χ4n) is 0.710. The van der Waals surface area contributed by atoms with Gasteiger partial charge in [0.05, 0.1) is 0 Å². The van der Waals surface area contributed by atoms with Crippen LogP contribution in [-0.2, 0) is 4.79 Å². The van der Waals surface area contributed by atoms with Gasteiger partial charge in [-0.1, -0.05) is 25.3 Å². The first-order valence-electron chi connectivity index (χ1n) is 4.15. The van der Waals surface area contributed by atoms with Gasteiger partial charge in [-0.2, -0.15) is 4.98 Å². The van der Waals surface area contributed by atoms with Crippen molar-refractivity contribution in [2.24, 2.45) is 0 Å². The number of amides is 1. The number of nitrogens with one attached hydrogen (secondary N) is 2. The zero-order valence-electron chi connectivity index (χ0n) is 8.13. The molecule has 0 aliphatic rings. The van der Waals surface area contributed by atoms with Crippen LogP contribution in [0, 0.1) is 0 Å². The summed E-state index contributed by atoms with van der Waals surface area (Å²) in [5, 5.41) is 9.69. The van der Waals surface area contributed by atoms with E-state index < -0.39 is 0 Å². The van der Waals surface area contributed by atoms with Crippen LogP contribution >= 0.6 is 11.8 Å². The van der Waals surface area contributed by atoms with E-state index in [1.807, 2.05) is 6.92 Å². The molecule has 14 heavy (non-hydrogen) atoms. The van der Waals surface area contributed by atoms with Gasteiger partial charge in [0.1, 0.15) is 0 Å². The zero-order valence-corrected chi connectivity index (χ0v) is 8.94. The van der Waals surface area contributed by atoms with Gasteiger partial charge in [-0.3, -0.25) is 10.1 Å². The number of carbonyl (C=O) groups is 1. The molecule has 0 fully saturated rings. The summed E-state index contributed by atoms with van der Waals surface area (Å²) < 4.78 is 0. The van der Waals surface area contributed by atoms with Gasteiger partial charge in [0.15, 0.2) is 0 Å². The van der Waals surface area contributed by atoms with E-state index in [0.717, 1.165) is 5.75 Å². The highest BCUT2D eigenvalue weighted by molar-refractivity contribution is 7.99. The van der Waals surface area contributed by atoms with Crippen molar-refractivity contribution in [1.82, 2.24) is 15.2 Å². The van der Waals surface area contributed by atoms with Gasteiger partial charge in [0.2, 0.25) is 11.1 Å². The first-order chi connectivity index (χ1) is 6.63. The van der Waals surface area contributed by atoms with Crippen molar-refractivity contribution in [3.8, 4) is 0 Å². The minimum Gasteiger partial charge on any atom is -0.291 e. The number of hydrogen-bond donors (Lipinski definition) is 2. The van der Waals surface area contributed by atoms with Crippen LogP contribution in [-0.4, -0.2) is 26.8 Å². The number of nitrogens with zero attached hydrogens (tertiary/aromatic N) is 2. The van der Waals surface area contributed by atoms with Gasteiger partial charge in [0.25, 0.3) is 5.91 Å². The number of H-pyrrole nitrogens is 1. The monoisotopic (exact) mass is 212 g/mol. The fraction of sp³-hybridized carbons (Fsp3) is 0.375. The second kappa shape index (κ2) is 4.80. The third-order valence-electron chi connectivity index (χ3n) is 1.36. The highest BCUT2D eigenvalue weighted by atomic mass is 32.2. The average molecular weight is 212 g/mol. The number of rotatable bonds is 4. The molecule has 0 bridgehead atoms. The van der Waals surface area contributed by atoms with Crippen molar-refractivity contribution in [2.45, 2.75) is 19.0 Å². The Balaban J connectivity index is 2.59. The molecule has 76 valence electrons. The zero-order chi connectivity index (χ0) is 10.6. The molecule has 0 spiro atoms.